The van der Waals surface area contributed by atoms with E-state index >= 15 is 0 Å². The Labute approximate surface area is 131 Å². The summed E-state index contributed by atoms with van der Waals surface area (Å²) in [6, 6.07) is 3.45. The van der Waals surface area contributed by atoms with E-state index < -0.39 is 17.7 Å². The summed E-state index contributed by atoms with van der Waals surface area (Å²) in [6.07, 6.45) is -0.998. The van der Waals surface area contributed by atoms with Gasteiger partial charge in [0.2, 0.25) is 0 Å². The topological polar surface area (TPSA) is 29.9 Å². The SMILES string of the molecule is C/C=C(\C/C=C(/F)NC)c1nc2cc(C(F)(F)F)ccc2n1C. The number of nitrogens with zero attached hydrogens (tertiary/aromatic N) is 2. The fourth-order valence-electron chi connectivity index (χ4n) is 2.30. The van der Waals surface area contributed by atoms with E-state index in [0.717, 1.165) is 17.7 Å². The van der Waals surface area contributed by atoms with Gasteiger partial charge in [-0.05, 0) is 43.2 Å². The predicted molar refractivity (Wildman–Crippen MR) is 82.2 cm³/mol. The summed E-state index contributed by atoms with van der Waals surface area (Å²) in [6.45, 7) is 1.78. The number of hydrogen-bond acceptors (Lipinski definition) is 2. The van der Waals surface area contributed by atoms with Gasteiger partial charge in [-0.15, -0.1) is 0 Å². The van der Waals surface area contributed by atoms with Crippen molar-refractivity contribution < 1.29 is 17.6 Å². The number of benzene rings is 1. The number of halogens is 4. The second kappa shape index (κ2) is 6.44. The van der Waals surface area contributed by atoms with Crippen molar-refractivity contribution in [3.63, 3.8) is 0 Å². The third kappa shape index (κ3) is 3.55. The van der Waals surface area contributed by atoms with Crippen LogP contribution in [0, 0.1) is 0 Å². The molecule has 0 saturated carbocycles. The lowest BCUT2D eigenvalue weighted by molar-refractivity contribution is -0.137. The molecule has 0 aliphatic heterocycles. The highest BCUT2D eigenvalue weighted by Gasteiger charge is 2.31. The summed E-state index contributed by atoms with van der Waals surface area (Å²) >= 11 is 0. The van der Waals surface area contributed by atoms with Gasteiger partial charge in [-0.1, -0.05) is 6.08 Å². The lowest BCUT2D eigenvalue weighted by atomic mass is 10.1. The van der Waals surface area contributed by atoms with Gasteiger partial charge in [0.25, 0.3) is 0 Å². The van der Waals surface area contributed by atoms with Crippen LogP contribution in [0.5, 0.6) is 0 Å². The third-order valence-corrected chi connectivity index (χ3v) is 3.58. The maximum atomic E-state index is 13.2. The zero-order valence-electron chi connectivity index (χ0n) is 13.0. The summed E-state index contributed by atoms with van der Waals surface area (Å²) in [4.78, 5) is 4.28. The molecule has 0 aliphatic rings. The fourth-order valence-corrected chi connectivity index (χ4v) is 2.30. The summed E-state index contributed by atoms with van der Waals surface area (Å²) in [7, 11) is 3.19. The van der Waals surface area contributed by atoms with Gasteiger partial charge in [0, 0.05) is 14.1 Å². The molecule has 23 heavy (non-hydrogen) atoms. The van der Waals surface area contributed by atoms with Crippen LogP contribution in [0.2, 0.25) is 0 Å². The van der Waals surface area contributed by atoms with Gasteiger partial charge < -0.3 is 9.88 Å². The molecule has 124 valence electrons. The van der Waals surface area contributed by atoms with Gasteiger partial charge in [-0.25, -0.2) is 4.98 Å². The molecule has 1 aromatic carbocycles. The molecule has 1 N–H and O–H groups in total. The van der Waals surface area contributed by atoms with E-state index in [-0.39, 0.29) is 11.9 Å². The van der Waals surface area contributed by atoms with Gasteiger partial charge in [0.05, 0.1) is 16.6 Å². The lowest BCUT2D eigenvalue weighted by Gasteiger charge is -2.06. The number of aryl methyl sites for hydroxylation is 1. The van der Waals surface area contributed by atoms with Crippen LogP contribution in [0.15, 0.2) is 36.3 Å². The monoisotopic (exact) mass is 327 g/mol. The Morgan fingerprint density at radius 2 is 2.04 bits per heavy atom. The van der Waals surface area contributed by atoms with E-state index in [1.807, 2.05) is 0 Å². The van der Waals surface area contributed by atoms with Crippen molar-refractivity contribution in [2.75, 3.05) is 7.05 Å². The average Bonchev–Trinajstić information content (AvgIpc) is 2.83. The minimum absolute atomic E-state index is 0.259. The van der Waals surface area contributed by atoms with Crippen LogP contribution in [0.4, 0.5) is 17.6 Å². The number of fused-ring (bicyclic) bond motifs is 1. The normalized spacial score (nSPS) is 13.7. The predicted octanol–water partition coefficient (Wildman–Crippen LogP) is 4.42. The molecule has 2 rings (SSSR count). The van der Waals surface area contributed by atoms with Gasteiger partial charge in [-0.2, -0.15) is 17.6 Å². The third-order valence-electron chi connectivity index (χ3n) is 3.58. The highest BCUT2D eigenvalue weighted by molar-refractivity contribution is 5.80. The molecule has 3 nitrogen and oxygen atoms in total. The van der Waals surface area contributed by atoms with Gasteiger partial charge in [0.15, 0.2) is 5.95 Å². The van der Waals surface area contributed by atoms with Crippen molar-refractivity contribution in [3.05, 3.63) is 47.7 Å². The number of rotatable bonds is 4. The number of allylic oxidation sites excluding steroid dienone is 3. The molecule has 0 radical (unpaired) electrons. The lowest BCUT2D eigenvalue weighted by Crippen LogP contribution is -2.04. The average molecular weight is 327 g/mol. The Balaban J connectivity index is 2.47. The Morgan fingerprint density at radius 3 is 2.61 bits per heavy atom. The standard InChI is InChI=1S/C16H17F4N3/c1-4-10(5-8-14(17)21-2)15-22-12-9-11(16(18,19)20)6-7-13(12)23(15)3/h4,6-9,21H,5H2,1-3H3/b10-4+,14-8-. The molecule has 0 spiro atoms. The molecule has 1 aromatic heterocycles. The molecule has 0 amide bonds. The number of nitrogens with one attached hydrogen (secondary N) is 1. The molecular formula is C16H17F4N3. The maximum Gasteiger partial charge on any atom is 0.416 e. The van der Waals surface area contributed by atoms with Crippen molar-refractivity contribution in [2.45, 2.75) is 19.5 Å². The van der Waals surface area contributed by atoms with Crippen molar-refractivity contribution in [3.8, 4) is 0 Å². The van der Waals surface area contributed by atoms with Crippen LogP contribution in [-0.2, 0) is 13.2 Å². The largest absolute Gasteiger partial charge is 0.416 e. The van der Waals surface area contributed by atoms with Crippen LogP contribution in [0.3, 0.4) is 0 Å². The van der Waals surface area contributed by atoms with Crippen LogP contribution < -0.4 is 5.32 Å². The summed E-state index contributed by atoms with van der Waals surface area (Å²) < 4.78 is 53.3. The van der Waals surface area contributed by atoms with Gasteiger partial charge in [-0.3, -0.25) is 0 Å². The summed E-state index contributed by atoms with van der Waals surface area (Å²) in [5.41, 5.74) is 0.834. The summed E-state index contributed by atoms with van der Waals surface area (Å²) in [5, 5.41) is 2.38. The van der Waals surface area contributed by atoms with Gasteiger partial charge in [0.1, 0.15) is 5.82 Å². The quantitative estimate of drug-likeness (QED) is 0.666. The van der Waals surface area contributed by atoms with Crippen LogP contribution in [-0.4, -0.2) is 16.6 Å². The molecule has 0 bridgehead atoms. The Morgan fingerprint density at radius 1 is 1.35 bits per heavy atom. The Hall–Kier alpha value is -2.31. The minimum atomic E-state index is -4.41. The number of hydrogen-bond donors (Lipinski definition) is 1. The summed E-state index contributed by atoms with van der Waals surface area (Å²) in [5.74, 6) is 0.0458. The molecular weight excluding hydrogens is 310 g/mol. The van der Waals surface area contributed by atoms with Crippen LogP contribution in [0.25, 0.3) is 16.6 Å². The second-order valence-corrected chi connectivity index (χ2v) is 5.02. The first-order chi connectivity index (χ1) is 10.8. The van der Waals surface area contributed by atoms with Crippen LogP contribution >= 0.6 is 0 Å². The molecule has 0 unspecified atom stereocenters. The van der Waals surface area contributed by atoms with E-state index in [0.29, 0.717) is 11.3 Å². The van der Waals surface area contributed by atoms with Crippen LogP contribution in [0.1, 0.15) is 24.7 Å². The maximum absolute atomic E-state index is 13.2. The molecule has 0 atom stereocenters. The molecule has 0 saturated heterocycles. The van der Waals surface area contributed by atoms with E-state index in [1.165, 1.54) is 19.2 Å². The highest BCUT2D eigenvalue weighted by atomic mass is 19.4. The second-order valence-electron chi connectivity index (χ2n) is 5.02. The van der Waals surface area contributed by atoms with Crippen molar-refractivity contribution in [1.29, 1.82) is 0 Å². The zero-order valence-corrected chi connectivity index (χ0v) is 13.0. The smallest absolute Gasteiger partial charge is 0.365 e. The van der Waals surface area contributed by atoms with Crippen molar-refractivity contribution in [2.24, 2.45) is 7.05 Å². The van der Waals surface area contributed by atoms with Crippen molar-refractivity contribution >= 4 is 16.6 Å². The first kappa shape index (κ1) is 17.1. The first-order valence-corrected chi connectivity index (χ1v) is 7.00. The highest BCUT2D eigenvalue weighted by Crippen LogP contribution is 2.32. The van der Waals surface area contributed by atoms with Crippen molar-refractivity contribution in [1.82, 2.24) is 14.9 Å². The number of alkyl halides is 3. The minimum Gasteiger partial charge on any atom is -0.365 e. The number of aromatic nitrogens is 2. The van der Waals surface area contributed by atoms with E-state index in [9.17, 15) is 17.6 Å². The molecule has 0 fully saturated rings. The Bertz CT molecular complexity index is 769. The molecule has 7 heteroatoms. The van der Waals surface area contributed by atoms with E-state index in [1.54, 1.807) is 24.6 Å². The zero-order chi connectivity index (χ0) is 17.2. The van der Waals surface area contributed by atoms with E-state index in [2.05, 4.69) is 10.3 Å². The first-order valence-electron chi connectivity index (χ1n) is 7.00. The Kier molecular flexibility index (Phi) is 4.77. The number of imidazole rings is 1. The van der Waals surface area contributed by atoms with E-state index in [4.69, 9.17) is 0 Å². The fraction of sp³-hybridized carbons (Fsp3) is 0.312. The molecule has 2 aromatic rings. The van der Waals surface area contributed by atoms with Gasteiger partial charge >= 0.3 is 6.18 Å². The molecule has 0 aliphatic carbocycles. The molecule has 1 heterocycles.